The summed E-state index contributed by atoms with van der Waals surface area (Å²) in [4.78, 5) is 31.0. The Balaban J connectivity index is 1.72. The van der Waals surface area contributed by atoms with Gasteiger partial charge in [0.1, 0.15) is 4.88 Å². The maximum absolute atomic E-state index is 13.2. The highest BCUT2D eigenvalue weighted by Crippen LogP contribution is 2.35. The molecule has 1 atom stereocenters. The van der Waals surface area contributed by atoms with Gasteiger partial charge in [0, 0.05) is 12.1 Å². The fourth-order valence-corrected chi connectivity index (χ4v) is 3.91. The van der Waals surface area contributed by atoms with Gasteiger partial charge in [-0.05, 0) is 12.1 Å². The highest BCUT2D eigenvalue weighted by molar-refractivity contribution is 7.17. The smallest absolute Gasteiger partial charge is 0.334 e. The van der Waals surface area contributed by atoms with Crippen molar-refractivity contribution in [2.45, 2.75) is 6.10 Å². The Morgan fingerprint density at radius 2 is 2.00 bits per heavy atom. The monoisotopic (exact) mass is 384 g/mol. The third kappa shape index (κ3) is 3.49. The Hall–Kier alpha value is -2.97. The van der Waals surface area contributed by atoms with Gasteiger partial charge in [0.25, 0.3) is 5.91 Å². The van der Waals surface area contributed by atoms with E-state index in [1.807, 2.05) is 30.3 Å². The van der Waals surface area contributed by atoms with Crippen molar-refractivity contribution in [1.82, 2.24) is 9.88 Å². The predicted octanol–water partition coefficient (Wildman–Crippen LogP) is 3.00. The molecule has 4 rings (SSSR count). The second kappa shape index (κ2) is 7.34. The van der Waals surface area contributed by atoms with Crippen molar-refractivity contribution in [1.29, 1.82) is 0 Å². The van der Waals surface area contributed by atoms with E-state index < -0.39 is 12.1 Å². The fraction of sp³-hybridized carbons (Fsp3) is 0.211. The first-order chi connectivity index (χ1) is 13.1. The molecule has 1 unspecified atom stereocenters. The number of aromatic nitrogens is 1. The number of amides is 1. The van der Waals surface area contributed by atoms with Crippen LogP contribution in [-0.4, -0.2) is 52.7 Å². The van der Waals surface area contributed by atoms with Gasteiger partial charge < -0.3 is 19.2 Å². The predicted molar refractivity (Wildman–Crippen MR) is 98.5 cm³/mol. The van der Waals surface area contributed by atoms with Crippen LogP contribution in [0.2, 0.25) is 0 Å². The molecule has 0 bridgehead atoms. The summed E-state index contributed by atoms with van der Waals surface area (Å²) in [6, 6.07) is 13.0. The summed E-state index contributed by atoms with van der Waals surface area (Å²) >= 11 is 1.24. The zero-order valence-corrected chi connectivity index (χ0v) is 15.0. The van der Waals surface area contributed by atoms with Gasteiger partial charge in [-0.1, -0.05) is 30.3 Å². The third-order valence-electron chi connectivity index (χ3n) is 4.23. The first-order valence-corrected chi connectivity index (χ1v) is 9.19. The Kier molecular flexibility index (Phi) is 4.74. The largest absolute Gasteiger partial charge is 0.479 e. The number of aliphatic carboxylic acids is 1. The number of carboxylic acids is 1. The Labute approximate surface area is 158 Å². The molecule has 0 saturated carbocycles. The SMILES string of the molecule is O=C(O)C1CN(C(=O)c2sc(-c3ccco3)nc2-c2ccccc2)CCO1. The van der Waals surface area contributed by atoms with Crippen molar-refractivity contribution < 1.29 is 23.8 Å². The molecule has 1 fully saturated rings. The van der Waals surface area contributed by atoms with Crippen LogP contribution in [0.25, 0.3) is 22.0 Å². The van der Waals surface area contributed by atoms with Crippen molar-refractivity contribution in [2.75, 3.05) is 19.7 Å². The lowest BCUT2D eigenvalue weighted by atomic mass is 10.1. The number of rotatable bonds is 4. The number of morpholine rings is 1. The van der Waals surface area contributed by atoms with Gasteiger partial charge in [-0.15, -0.1) is 11.3 Å². The second-order valence-electron chi connectivity index (χ2n) is 5.99. The molecule has 3 heterocycles. The molecule has 0 spiro atoms. The number of hydrogen-bond acceptors (Lipinski definition) is 6. The average molecular weight is 384 g/mol. The number of furan rings is 1. The van der Waals surface area contributed by atoms with Gasteiger partial charge >= 0.3 is 5.97 Å². The van der Waals surface area contributed by atoms with E-state index in [-0.39, 0.29) is 19.1 Å². The van der Waals surface area contributed by atoms with Gasteiger partial charge in [-0.2, -0.15) is 0 Å². The number of benzene rings is 1. The number of ether oxygens (including phenoxy) is 1. The van der Waals surface area contributed by atoms with Crippen molar-refractivity contribution in [3.05, 3.63) is 53.6 Å². The van der Waals surface area contributed by atoms with Crippen molar-refractivity contribution >= 4 is 23.2 Å². The normalized spacial score (nSPS) is 17.0. The van der Waals surface area contributed by atoms with Crippen LogP contribution in [-0.2, 0) is 9.53 Å². The quantitative estimate of drug-likeness (QED) is 0.743. The van der Waals surface area contributed by atoms with Gasteiger partial charge in [-0.3, -0.25) is 4.79 Å². The summed E-state index contributed by atoms with van der Waals surface area (Å²) < 4.78 is 10.6. The summed E-state index contributed by atoms with van der Waals surface area (Å²) in [5.41, 5.74) is 1.38. The molecule has 138 valence electrons. The Morgan fingerprint density at radius 1 is 1.19 bits per heavy atom. The first kappa shape index (κ1) is 17.4. The van der Waals surface area contributed by atoms with Crippen LogP contribution in [0, 0.1) is 0 Å². The molecule has 8 heteroatoms. The number of hydrogen-bond donors (Lipinski definition) is 1. The lowest BCUT2D eigenvalue weighted by Crippen LogP contribution is -2.48. The summed E-state index contributed by atoms with van der Waals surface area (Å²) in [6.07, 6.45) is 0.542. The highest BCUT2D eigenvalue weighted by atomic mass is 32.1. The second-order valence-corrected chi connectivity index (χ2v) is 6.99. The minimum absolute atomic E-state index is 0.0103. The third-order valence-corrected chi connectivity index (χ3v) is 5.29. The van der Waals surface area contributed by atoms with Crippen LogP contribution in [0.5, 0.6) is 0 Å². The summed E-state index contributed by atoms with van der Waals surface area (Å²) in [5.74, 6) is -0.739. The topological polar surface area (TPSA) is 92.9 Å². The van der Waals surface area contributed by atoms with Crippen LogP contribution in [0.4, 0.5) is 0 Å². The van der Waals surface area contributed by atoms with Crippen LogP contribution >= 0.6 is 11.3 Å². The molecule has 2 aromatic heterocycles. The molecular weight excluding hydrogens is 368 g/mol. The lowest BCUT2D eigenvalue weighted by Gasteiger charge is -2.30. The number of thiazole rings is 1. The van der Waals surface area contributed by atoms with Crippen LogP contribution < -0.4 is 0 Å². The number of carboxylic acid groups (broad SMARTS) is 1. The first-order valence-electron chi connectivity index (χ1n) is 8.37. The summed E-state index contributed by atoms with van der Waals surface area (Å²) in [6.45, 7) is 0.536. The minimum atomic E-state index is -1.07. The van der Waals surface area contributed by atoms with E-state index in [2.05, 4.69) is 4.98 Å². The molecular formula is C19H16N2O5S. The number of carbonyl (C=O) groups excluding carboxylic acids is 1. The van der Waals surface area contributed by atoms with Crippen molar-refractivity contribution in [2.24, 2.45) is 0 Å². The standard InChI is InChI=1S/C19H16N2O5S/c22-18(21-8-10-26-14(11-21)19(23)24)16-15(12-5-2-1-3-6-12)20-17(27-16)13-7-4-9-25-13/h1-7,9,14H,8,10-11H2,(H,23,24). The van der Waals surface area contributed by atoms with E-state index in [0.717, 1.165) is 5.56 Å². The van der Waals surface area contributed by atoms with Gasteiger partial charge in [-0.25, -0.2) is 9.78 Å². The van der Waals surface area contributed by atoms with Crippen molar-refractivity contribution in [3.63, 3.8) is 0 Å². The van der Waals surface area contributed by atoms with Gasteiger partial charge in [0.15, 0.2) is 16.9 Å². The van der Waals surface area contributed by atoms with E-state index in [1.165, 1.54) is 16.2 Å². The molecule has 0 aliphatic carbocycles. The van der Waals surface area contributed by atoms with E-state index in [1.54, 1.807) is 18.4 Å². The molecule has 1 aliphatic heterocycles. The van der Waals surface area contributed by atoms with Crippen LogP contribution in [0.15, 0.2) is 53.1 Å². The summed E-state index contributed by atoms with van der Waals surface area (Å²) in [7, 11) is 0. The lowest BCUT2D eigenvalue weighted by molar-refractivity contribution is -0.154. The summed E-state index contributed by atoms with van der Waals surface area (Å²) in [5, 5.41) is 9.79. The molecule has 7 nitrogen and oxygen atoms in total. The Bertz CT molecular complexity index is 952. The van der Waals surface area contributed by atoms with Gasteiger partial charge in [0.05, 0.1) is 25.1 Å². The molecule has 1 N–H and O–H groups in total. The molecule has 0 radical (unpaired) electrons. The zero-order chi connectivity index (χ0) is 18.8. The number of nitrogens with zero attached hydrogens (tertiary/aromatic N) is 2. The average Bonchev–Trinajstić information content (AvgIpc) is 3.38. The molecule has 3 aromatic rings. The number of carbonyl (C=O) groups is 2. The van der Waals surface area contributed by atoms with E-state index in [9.17, 15) is 14.7 Å². The highest BCUT2D eigenvalue weighted by Gasteiger charge is 2.32. The molecule has 27 heavy (non-hydrogen) atoms. The maximum atomic E-state index is 13.2. The van der Waals surface area contributed by atoms with Gasteiger partial charge in [0.2, 0.25) is 0 Å². The van der Waals surface area contributed by atoms with E-state index >= 15 is 0 Å². The van der Waals surface area contributed by atoms with E-state index in [0.29, 0.717) is 27.9 Å². The zero-order valence-electron chi connectivity index (χ0n) is 14.2. The fourth-order valence-electron chi connectivity index (χ4n) is 2.89. The van der Waals surface area contributed by atoms with Crippen LogP contribution in [0.1, 0.15) is 9.67 Å². The molecule has 1 aromatic carbocycles. The minimum Gasteiger partial charge on any atom is -0.479 e. The van der Waals surface area contributed by atoms with Crippen molar-refractivity contribution in [3.8, 4) is 22.0 Å². The molecule has 1 amide bonds. The molecule has 1 aliphatic rings. The molecule has 1 saturated heterocycles. The Morgan fingerprint density at radius 3 is 2.70 bits per heavy atom. The van der Waals surface area contributed by atoms with Crippen LogP contribution in [0.3, 0.4) is 0 Å². The van der Waals surface area contributed by atoms with E-state index in [4.69, 9.17) is 9.15 Å². The maximum Gasteiger partial charge on any atom is 0.334 e.